The fourth-order valence-electron chi connectivity index (χ4n) is 2.84. The van der Waals surface area contributed by atoms with Gasteiger partial charge in [0.15, 0.2) is 5.17 Å². The molecule has 130 valence electrons. The molecule has 8 nitrogen and oxygen atoms in total. The van der Waals surface area contributed by atoms with Crippen LogP contribution in [-0.2, 0) is 14.3 Å². The highest BCUT2D eigenvalue weighted by Crippen LogP contribution is 2.41. The Morgan fingerprint density at radius 1 is 1.52 bits per heavy atom. The molecule has 1 amide bonds. The van der Waals surface area contributed by atoms with Crippen molar-refractivity contribution in [1.82, 2.24) is 4.90 Å². The summed E-state index contributed by atoms with van der Waals surface area (Å²) in [4.78, 5) is 41.2. The first-order chi connectivity index (χ1) is 11.9. The molecule has 0 saturated carbocycles. The molecule has 1 aromatic rings. The number of fused-ring (bicyclic) bond motifs is 1. The number of allylic oxidation sites excluding steroid dienone is 1. The fourth-order valence-corrected chi connectivity index (χ4v) is 3.78. The number of ether oxygens (including phenoxy) is 1. The summed E-state index contributed by atoms with van der Waals surface area (Å²) >= 11 is 1.28. The number of hydrogen-bond donors (Lipinski definition) is 0. The Morgan fingerprint density at radius 3 is 2.96 bits per heavy atom. The van der Waals surface area contributed by atoms with Crippen molar-refractivity contribution < 1.29 is 19.2 Å². The Morgan fingerprint density at radius 2 is 2.28 bits per heavy atom. The number of amidine groups is 1. The average Bonchev–Trinajstić information content (AvgIpc) is 2.94. The molecule has 0 bridgehead atoms. The predicted molar refractivity (Wildman–Crippen MR) is 91.9 cm³/mol. The molecule has 2 aliphatic heterocycles. The van der Waals surface area contributed by atoms with Crippen LogP contribution in [0.25, 0.3) is 0 Å². The van der Waals surface area contributed by atoms with Gasteiger partial charge in [0, 0.05) is 12.1 Å². The molecule has 0 N–H and O–H groups in total. The van der Waals surface area contributed by atoms with Gasteiger partial charge in [0.25, 0.3) is 5.69 Å². The standard InChI is InChI=1S/C16H15N3O5S/c1-3-24-15(21)13-9(2)17-16-18(12(20)8-25-16)14(13)10-5-4-6-11(7-10)19(22)23/h4-7,14H,3,8H2,1-2H3/t14-/m1/s1. The van der Waals surface area contributed by atoms with Crippen molar-refractivity contribution in [1.29, 1.82) is 0 Å². The Hall–Kier alpha value is -2.68. The number of rotatable bonds is 4. The first kappa shape index (κ1) is 17.2. The van der Waals surface area contributed by atoms with E-state index in [1.165, 1.54) is 34.9 Å². The summed E-state index contributed by atoms with van der Waals surface area (Å²) in [6.45, 7) is 3.53. The minimum Gasteiger partial charge on any atom is -0.463 e. The monoisotopic (exact) mass is 361 g/mol. The topological polar surface area (TPSA) is 102 Å². The molecule has 1 atom stereocenters. The lowest BCUT2D eigenvalue weighted by Gasteiger charge is -2.32. The number of carbonyl (C=O) groups is 2. The number of aliphatic imine (C=N–C) groups is 1. The molecule has 0 aliphatic carbocycles. The zero-order chi connectivity index (χ0) is 18.1. The van der Waals surface area contributed by atoms with Crippen LogP contribution < -0.4 is 0 Å². The maximum Gasteiger partial charge on any atom is 0.338 e. The molecule has 2 heterocycles. The number of nitrogens with zero attached hydrogens (tertiary/aromatic N) is 3. The van der Waals surface area contributed by atoms with Crippen LogP contribution in [-0.4, -0.2) is 39.2 Å². The smallest absolute Gasteiger partial charge is 0.338 e. The second kappa shape index (κ2) is 6.67. The van der Waals surface area contributed by atoms with Crippen LogP contribution in [0.4, 0.5) is 5.69 Å². The predicted octanol–water partition coefficient (Wildman–Crippen LogP) is 2.42. The van der Waals surface area contributed by atoms with E-state index >= 15 is 0 Å². The average molecular weight is 361 g/mol. The third-order valence-corrected chi connectivity index (χ3v) is 4.81. The Labute approximate surface area is 147 Å². The van der Waals surface area contributed by atoms with Crippen molar-refractivity contribution >= 4 is 34.5 Å². The first-order valence-corrected chi connectivity index (χ1v) is 8.58. The summed E-state index contributed by atoms with van der Waals surface area (Å²) in [6.07, 6.45) is 0. The SMILES string of the molecule is CCOC(=O)C1=C(C)N=C2SCC(=O)N2[C@@H]1c1cccc([N+](=O)[O-])c1. The second-order valence-corrected chi connectivity index (χ2v) is 6.36. The zero-order valence-electron chi connectivity index (χ0n) is 13.6. The summed E-state index contributed by atoms with van der Waals surface area (Å²) in [5.74, 6) is -0.563. The van der Waals surface area contributed by atoms with Gasteiger partial charge in [-0.15, -0.1) is 0 Å². The summed E-state index contributed by atoms with van der Waals surface area (Å²) in [7, 11) is 0. The van der Waals surface area contributed by atoms with Crippen LogP contribution in [0.1, 0.15) is 25.5 Å². The van der Waals surface area contributed by atoms with Gasteiger partial charge in [-0.2, -0.15) is 0 Å². The van der Waals surface area contributed by atoms with E-state index in [1.54, 1.807) is 19.9 Å². The van der Waals surface area contributed by atoms with E-state index in [4.69, 9.17) is 4.74 Å². The lowest BCUT2D eigenvalue weighted by molar-refractivity contribution is -0.384. The van der Waals surface area contributed by atoms with Crippen molar-refractivity contribution in [3.63, 3.8) is 0 Å². The molecule has 1 aromatic carbocycles. The molecule has 0 spiro atoms. The van der Waals surface area contributed by atoms with E-state index in [9.17, 15) is 19.7 Å². The maximum absolute atomic E-state index is 12.5. The van der Waals surface area contributed by atoms with E-state index in [2.05, 4.69) is 4.99 Å². The number of non-ortho nitro benzene ring substituents is 1. The number of amides is 1. The number of nitro benzene ring substituents is 1. The van der Waals surface area contributed by atoms with Gasteiger partial charge in [-0.3, -0.25) is 19.8 Å². The van der Waals surface area contributed by atoms with Gasteiger partial charge in [0.05, 0.1) is 34.6 Å². The minimum absolute atomic E-state index is 0.110. The van der Waals surface area contributed by atoms with E-state index in [-0.39, 0.29) is 29.5 Å². The number of nitro groups is 1. The highest BCUT2D eigenvalue weighted by molar-refractivity contribution is 8.15. The van der Waals surface area contributed by atoms with Crippen LogP contribution in [0.5, 0.6) is 0 Å². The quantitative estimate of drug-likeness (QED) is 0.464. The van der Waals surface area contributed by atoms with Crippen molar-refractivity contribution in [3.05, 3.63) is 51.2 Å². The number of thioether (sulfide) groups is 1. The Balaban J connectivity index is 2.16. The summed E-state index contributed by atoms with van der Waals surface area (Å²) in [5, 5.41) is 11.6. The summed E-state index contributed by atoms with van der Waals surface area (Å²) < 4.78 is 5.12. The third kappa shape index (κ3) is 3.02. The van der Waals surface area contributed by atoms with Crippen LogP contribution in [0.2, 0.25) is 0 Å². The van der Waals surface area contributed by atoms with Crippen molar-refractivity contribution in [2.45, 2.75) is 19.9 Å². The van der Waals surface area contributed by atoms with Crippen LogP contribution in [0, 0.1) is 10.1 Å². The molecular formula is C16H15N3O5S. The fraction of sp³-hybridized carbons (Fsp3) is 0.312. The lowest BCUT2D eigenvalue weighted by Crippen LogP contribution is -2.39. The van der Waals surface area contributed by atoms with E-state index in [0.717, 1.165) is 0 Å². The van der Waals surface area contributed by atoms with Crippen LogP contribution >= 0.6 is 11.8 Å². The zero-order valence-corrected chi connectivity index (χ0v) is 14.4. The van der Waals surface area contributed by atoms with Gasteiger partial charge in [0.1, 0.15) is 0 Å². The van der Waals surface area contributed by atoms with Crippen molar-refractivity contribution in [2.24, 2.45) is 4.99 Å². The molecule has 0 radical (unpaired) electrons. The normalized spacial score (nSPS) is 19.6. The van der Waals surface area contributed by atoms with E-state index < -0.39 is 16.9 Å². The van der Waals surface area contributed by atoms with Gasteiger partial charge in [-0.25, -0.2) is 9.79 Å². The van der Waals surface area contributed by atoms with Crippen molar-refractivity contribution in [3.8, 4) is 0 Å². The molecule has 25 heavy (non-hydrogen) atoms. The van der Waals surface area contributed by atoms with Crippen LogP contribution in [0.3, 0.4) is 0 Å². The summed E-state index contributed by atoms with van der Waals surface area (Å²) in [5.41, 5.74) is 1.03. The molecule has 1 fully saturated rings. The van der Waals surface area contributed by atoms with E-state index in [1.807, 2.05) is 0 Å². The number of esters is 1. The highest BCUT2D eigenvalue weighted by Gasteiger charge is 2.43. The molecule has 1 saturated heterocycles. The lowest BCUT2D eigenvalue weighted by atomic mass is 9.94. The Bertz CT molecular complexity index is 833. The largest absolute Gasteiger partial charge is 0.463 e. The van der Waals surface area contributed by atoms with Crippen molar-refractivity contribution in [2.75, 3.05) is 12.4 Å². The van der Waals surface area contributed by atoms with E-state index in [0.29, 0.717) is 16.4 Å². The molecular weight excluding hydrogens is 346 g/mol. The molecule has 9 heteroatoms. The number of carbonyl (C=O) groups excluding carboxylic acids is 2. The Kier molecular flexibility index (Phi) is 4.58. The molecule has 0 aromatic heterocycles. The highest BCUT2D eigenvalue weighted by atomic mass is 32.2. The summed E-state index contributed by atoms with van der Waals surface area (Å²) in [6, 6.07) is 5.14. The van der Waals surface area contributed by atoms with Crippen LogP contribution in [0.15, 0.2) is 40.5 Å². The third-order valence-electron chi connectivity index (χ3n) is 3.88. The number of hydrogen-bond acceptors (Lipinski definition) is 7. The van der Waals surface area contributed by atoms with Gasteiger partial charge in [-0.1, -0.05) is 23.9 Å². The molecule has 3 rings (SSSR count). The molecule has 2 aliphatic rings. The molecule has 0 unspecified atom stereocenters. The maximum atomic E-state index is 12.5. The van der Waals surface area contributed by atoms with Gasteiger partial charge >= 0.3 is 5.97 Å². The van der Waals surface area contributed by atoms with Gasteiger partial charge in [-0.05, 0) is 19.4 Å². The van der Waals surface area contributed by atoms with Gasteiger partial charge < -0.3 is 4.74 Å². The second-order valence-electron chi connectivity index (χ2n) is 5.42. The minimum atomic E-state index is -0.783. The first-order valence-electron chi connectivity index (χ1n) is 7.59. The van der Waals surface area contributed by atoms with Gasteiger partial charge in [0.2, 0.25) is 5.91 Å². The number of benzene rings is 1.